The standard InChI is InChI=1S/C18H25N5O3S2/c1-18(2,3)19-13(24)10-22-17(26)23-12-6-8-28-14(12)15(25)21(16(23)20-22)9-11-5-4-7-27-11/h4-5,7,12,14,16,20H,6,8-10H2,1-3H3,(H,19,24). The van der Waals surface area contributed by atoms with Crippen LogP contribution in [0.1, 0.15) is 32.1 Å². The molecule has 8 nitrogen and oxygen atoms in total. The summed E-state index contributed by atoms with van der Waals surface area (Å²) < 4.78 is 0. The van der Waals surface area contributed by atoms with Crippen molar-refractivity contribution < 1.29 is 14.4 Å². The van der Waals surface area contributed by atoms with Crippen LogP contribution in [0.15, 0.2) is 17.5 Å². The third-order valence-electron chi connectivity index (χ3n) is 4.95. The van der Waals surface area contributed by atoms with Gasteiger partial charge in [-0.1, -0.05) is 6.07 Å². The highest BCUT2D eigenvalue weighted by Crippen LogP contribution is 2.40. The number of hydrazine groups is 1. The van der Waals surface area contributed by atoms with Crippen molar-refractivity contribution in [2.24, 2.45) is 0 Å². The maximum atomic E-state index is 13.1. The van der Waals surface area contributed by atoms with E-state index in [1.807, 2.05) is 38.3 Å². The number of carbonyl (C=O) groups is 3. The van der Waals surface area contributed by atoms with Crippen LogP contribution >= 0.6 is 23.1 Å². The molecule has 0 bridgehead atoms. The lowest BCUT2D eigenvalue weighted by molar-refractivity contribution is -0.145. The minimum Gasteiger partial charge on any atom is -0.350 e. The van der Waals surface area contributed by atoms with Crippen LogP contribution in [-0.2, 0) is 16.1 Å². The van der Waals surface area contributed by atoms with E-state index in [1.54, 1.807) is 32.9 Å². The van der Waals surface area contributed by atoms with Crippen molar-refractivity contribution in [3.05, 3.63) is 22.4 Å². The quantitative estimate of drug-likeness (QED) is 0.765. The van der Waals surface area contributed by atoms with Gasteiger partial charge >= 0.3 is 6.03 Å². The van der Waals surface area contributed by atoms with E-state index in [0.29, 0.717) is 6.54 Å². The van der Waals surface area contributed by atoms with Gasteiger partial charge in [-0.2, -0.15) is 5.43 Å². The van der Waals surface area contributed by atoms with Gasteiger partial charge in [0, 0.05) is 10.4 Å². The number of rotatable bonds is 4. The average molecular weight is 424 g/mol. The van der Waals surface area contributed by atoms with Crippen LogP contribution in [0.4, 0.5) is 4.79 Å². The van der Waals surface area contributed by atoms with Crippen molar-refractivity contribution in [2.75, 3.05) is 12.3 Å². The molecular formula is C18H25N5O3S2. The Morgan fingerprint density at radius 3 is 2.82 bits per heavy atom. The van der Waals surface area contributed by atoms with E-state index < -0.39 is 6.29 Å². The molecule has 3 aliphatic rings. The zero-order valence-corrected chi connectivity index (χ0v) is 17.8. The van der Waals surface area contributed by atoms with Crippen molar-refractivity contribution in [3.63, 3.8) is 0 Å². The Kier molecular flexibility index (Phi) is 5.05. The molecule has 3 aliphatic heterocycles. The number of hydrogen-bond donors (Lipinski definition) is 2. The molecule has 4 rings (SSSR count). The van der Waals surface area contributed by atoms with Crippen LogP contribution in [0.3, 0.4) is 0 Å². The van der Waals surface area contributed by atoms with E-state index in [2.05, 4.69) is 10.7 Å². The Morgan fingerprint density at radius 2 is 2.14 bits per heavy atom. The molecule has 0 saturated carbocycles. The van der Waals surface area contributed by atoms with Gasteiger partial charge in [-0.3, -0.25) is 14.5 Å². The van der Waals surface area contributed by atoms with E-state index in [0.717, 1.165) is 17.1 Å². The molecule has 0 spiro atoms. The maximum Gasteiger partial charge on any atom is 0.337 e. The predicted molar refractivity (Wildman–Crippen MR) is 108 cm³/mol. The summed E-state index contributed by atoms with van der Waals surface area (Å²) in [6, 6.07) is 3.57. The molecule has 28 heavy (non-hydrogen) atoms. The molecule has 0 aromatic carbocycles. The Morgan fingerprint density at radius 1 is 1.36 bits per heavy atom. The summed E-state index contributed by atoms with van der Waals surface area (Å²) in [6.07, 6.45) is 0.240. The number of thiophene rings is 1. The Hall–Kier alpha value is -1.78. The average Bonchev–Trinajstić information content (AvgIpc) is 3.31. The number of urea groups is 1. The van der Waals surface area contributed by atoms with Crippen LogP contribution in [0, 0.1) is 0 Å². The van der Waals surface area contributed by atoms with Gasteiger partial charge in [-0.25, -0.2) is 9.80 Å². The smallest absolute Gasteiger partial charge is 0.337 e. The molecule has 1 aromatic rings. The molecular weight excluding hydrogens is 398 g/mol. The van der Waals surface area contributed by atoms with Gasteiger partial charge < -0.3 is 10.2 Å². The molecule has 3 fully saturated rings. The highest BCUT2D eigenvalue weighted by Gasteiger charge is 2.56. The van der Waals surface area contributed by atoms with E-state index in [-0.39, 0.29) is 41.2 Å². The minimum atomic E-state index is -0.551. The molecule has 3 saturated heterocycles. The van der Waals surface area contributed by atoms with E-state index >= 15 is 0 Å². The number of carbonyl (C=O) groups excluding carboxylic acids is 3. The van der Waals surface area contributed by atoms with Gasteiger partial charge in [0.25, 0.3) is 0 Å². The number of nitrogens with one attached hydrogen (secondary N) is 2. The lowest BCUT2D eigenvalue weighted by Crippen LogP contribution is -2.65. The fourth-order valence-electron chi connectivity index (χ4n) is 3.88. The summed E-state index contributed by atoms with van der Waals surface area (Å²) in [5, 5.41) is 5.96. The van der Waals surface area contributed by atoms with Gasteiger partial charge in [0.2, 0.25) is 11.8 Å². The molecule has 3 unspecified atom stereocenters. The van der Waals surface area contributed by atoms with Crippen LogP contribution in [-0.4, -0.2) is 68.1 Å². The fourth-order valence-corrected chi connectivity index (χ4v) is 5.98. The second-order valence-corrected chi connectivity index (χ2v) is 10.6. The van der Waals surface area contributed by atoms with Crippen LogP contribution in [0.2, 0.25) is 0 Å². The molecule has 0 radical (unpaired) electrons. The van der Waals surface area contributed by atoms with E-state index in [1.165, 1.54) is 5.01 Å². The number of nitrogens with zero attached hydrogens (tertiary/aromatic N) is 3. The molecule has 1 aromatic heterocycles. The first-order chi connectivity index (χ1) is 13.2. The molecule has 2 N–H and O–H groups in total. The maximum absolute atomic E-state index is 13.1. The molecule has 10 heteroatoms. The van der Waals surface area contributed by atoms with Crippen LogP contribution < -0.4 is 10.7 Å². The van der Waals surface area contributed by atoms with Crippen molar-refractivity contribution in [3.8, 4) is 0 Å². The number of fused-ring (bicyclic) bond motifs is 3. The zero-order chi connectivity index (χ0) is 20.1. The fraction of sp³-hybridized carbons (Fsp3) is 0.611. The monoisotopic (exact) mass is 423 g/mol. The Bertz CT molecular complexity index is 779. The summed E-state index contributed by atoms with van der Waals surface area (Å²) in [5.74, 6) is 0.680. The number of hydrogen-bond acceptors (Lipinski definition) is 6. The summed E-state index contributed by atoms with van der Waals surface area (Å²) in [5.41, 5.74) is 2.74. The largest absolute Gasteiger partial charge is 0.350 e. The molecule has 4 heterocycles. The first-order valence-electron chi connectivity index (χ1n) is 9.36. The number of amides is 4. The summed E-state index contributed by atoms with van der Waals surface area (Å²) in [6.45, 7) is 6.05. The minimum absolute atomic E-state index is 0.0587. The van der Waals surface area contributed by atoms with E-state index in [9.17, 15) is 14.4 Å². The second-order valence-electron chi connectivity index (χ2n) is 8.27. The second kappa shape index (κ2) is 7.23. The Labute approximate surface area is 172 Å². The topological polar surface area (TPSA) is 85.0 Å². The van der Waals surface area contributed by atoms with Crippen molar-refractivity contribution in [2.45, 2.75) is 56.9 Å². The van der Waals surface area contributed by atoms with Crippen LogP contribution in [0.25, 0.3) is 0 Å². The van der Waals surface area contributed by atoms with Gasteiger partial charge in [0.15, 0.2) is 6.29 Å². The Balaban J connectivity index is 1.56. The van der Waals surface area contributed by atoms with Crippen molar-refractivity contribution >= 4 is 40.9 Å². The molecule has 152 valence electrons. The zero-order valence-electron chi connectivity index (χ0n) is 16.2. The van der Waals surface area contributed by atoms with Gasteiger partial charge in [0.1, 0.15) is 11.8 Å². The van der Waals surface area contributed by atoms with E-state index in [4.69, 9.17) is 0 Å². The summed E-state index contributed by atoms with van der Waals surface area (Å²) in [7, 11) is 0. The van der Waals surface area contributed by atoms with Gasteiger partial charge in [-0.15, -0.1) is 23.1 Å². The first kappa shape index (κ1) is 19.5. The summed E-state index contributed by atoms with van der Waals surface area (Å²) >= 11 is 3.20. The van der Waals surface area contributed by atoms with Crippen molar-refractivity contribution in [1.29, 1.82) is 0 Å². The van der Waals surface area contributed by atoms with Gasteiger partial charge in [0.05, 0.1) is 12.6 Å². The molecule has 0 aliphatic carbocycles. The SMILES string of the molecule is CC(C)(C)NC(=O)CN1NC2N(Cc3cccs3)C(=O)C3SCCC3N2C1=O. The highest BCUT2D eigenvalue weighted by atomic mass is 32.2. The predicted octanol–water partition coefficient (Wildman–Crippen LogP) is 1.40. The lowest BCUT2D eigenvalue weighted by Gasteiger charge is -2.44. The third-order valence-corrected chi connectivity index (χ3v) is 7.16. The van der Waals surface area contributed by atoms with Gasteiger partial charge in [-0.05, 0) is 44.4 Å². The normalized spacial score (nSPS) is 27.2. The lowest BCUT2D eigenvalue weighted by atomic mass is 10.1. The van der Waals surface area contributed by atoms with Crippen molar-refractivity contribution in [1.82, 2.24) is 25.6 Å². The first-order valence-corrected chi connectivity index (χ1v) is 11.3. The van der Waals surface area contributed by atoms with Crippen LogP contribution in [0.5, 0.6) is 0 Å². The number of thioether (sulfide) groups is 1. The highest BCUT2D eigenvalue weighted by molar-refractivity contribution is 8.00. The third kappa shape index (κ3) is 3.60. The molecule has 4 amide bonds. The molecule has 3 atom stereocenters. The summed E-state index contributed by atoms with van der Waals surface area (Å²) in [4.78, 5) is 43.1.